The number of benzene rings is 1. The van der Waals surface area contributed by atoms with E-state index in [1.54, 1.807) is 33.9 Å². The Kier molecular flexibility index (Phi) is 8.93. The third kappa shape index (κ3) is 6.82. The molecule has 1 saturated heterocycles. The molecular weight excluding hydrogens is 552 g/mol. The number of ether oxygens (including phenoxy) is 1. The monoisotopic (exact) mass is 594 g/mol. The molecule has 4 rings (SSSR count). The summed E-state index contributed by atoms with van der Waals surface area (Å²) in [5.74, 6) is 1.63. The van der Waals surface area contributed by atoms with Crippen LogP contribution in [0.3, 0.4) is 0 Å². The molecule has 1 aromatic carbocycles. The van der Waals surface area contributed by atoms with Gasteiger partial charge in [0.25, 0.3) is 5.91 Å². The number of piperidine rings is 1. The van der Waals surface area contributed by atoms with Crippen molar-refractivity contribution in [3.63, 3.8) is 0 Å². The van der Waals surface area contributed by atoms with Crippen LogP contribution in [0.4, 0.5) is 10.5 Å². The summed E-state index contributed by atoms with van der Waals surface area (Å²) in [6, 6.07) is 3.47. The van der Waals surface area contributed by atoms with Crippen LogP contribution in [0.25, 0.3) is 0 Å². The maximum atomic E-state index is 13.3. The second-order valence-electron chi connectivity index (χ2n) is 12.7. The van der Waals surface area contributed by atoms with E-state index in [0.717, 1.165) is 42.6 Å². The second-order valence-corrected chi connectivity index (χ2v) is 15.2. The van der Waals surface area contributed by atoms with E-state index in [4.69, 9.17) is 21.3 Å². The van der Waals surface area contributed by atoms with Crippen molar-refractivity contribution in [3.8, 4) is 0 Å². The van der Waals surface area contributed by atoms with E-state index in [-0.39, 0.29) is 31.2 Å². The van der Waals surface area contributed by atoms with Gasteiger partial charge in [-0.25, -0.2) is 17.5 Å². The molecule has 0 radical (unpaired) electrons. The summed E-state index contributed by atoms with van der Waals surface area (Å²) in [5, 5.41) is 3.44. The number of carbonyl (C=O) groups excluding carboxylic acids is 2. The zero-order valence-electron chi connectivity index (χ0n) is 24.5. The fourth-order valence-corrected chi connectivity index (χ4v) is 7.62. The van der Waals surface area contributed by atoms with Crippen LogP contribution in [0.5, 0.6) is 0 Å². The standard InChI is InChI=1S/C29H43ClN4O5S/c1-19-7-9-21(10-8-19)25-31-26(35)29(32-25)12-14-34(15-13-29)40(37,38)16-11-23-20(2)17-22(18-24(23)30)33(6)27(36)39-28(3,4)5/h17-19,21H,7-16H2,1-6H3,(H,31,32,35). The molecule has 2 fully saturated rings. The molecule has 0 unspecified atom stereocenters. The summed E-state index contributed by atoms with van der Waals surface area (Å²) < 4.78 is 33.5. The number of aryl methyl sites for hydroxylation is 1. The smallest absolute Gasteiger partial charge is 0.414 e. The topological polar surface area (TPSA) is 108 Å². The van der Waals surface area contributed by atoms with Crippen molar-refractivity contribution in [2.45, 2.75) is 90.7 Å². The van der Waals surface area contributed by atoms with Gasteiger partial charge in [0.15, 0.2) is 0 Å². The lowest BCUT2D eigenvalue weighted by Crippen LogP contribution is -2.51. The van der Waals surface area contributed by atoms with Crippen LogP contribution >= 0.6 is 11.6 Å². The normalized spacial score (nSPS) is 23.6. The molecule has 3 aliphatic rings. The van der Waals surface area contributed by atoms with Crippen molar-refractivity contribution in [2.75, 3.05) is 30.8 Å². The van der Waals surface area contributed by atoms with Crippen LogP contribution in [-0.4, -0.2) is 67.6 Å². The molecule has 1 saturated carbocycles. The first-order chi connectivity index (χ1) is 18.6. The Morgan fingerprint density at radius 2 is 1.82 bits per heavy atom. The molecule has 2 amide bonds. The van der Waals surface area contributed by atoms with Gasteiger partial charge in [-0.2, -0.15) is 0 Å². The molecular formula is C29H43ClN4O5S. The third-order valence-corrected chi connectivity index (χ3v) is 10.6. The SMILES string of the molecule is Cc1cc(N(C)C(=O)OC(C)(C)C)cc(Cl)c1CCS(=O)(=O)N1CCC2(CC1)N=C(C1CCC(C)CC1)NC2=O. The lowest BCUT2D eigenvalue weighted by atomic mass is 9.82. The number of amides is 2. The van der Waals surface area contributed by atoms with Crippen LogP contribution in [0.1, 0.15) is 77.3 Å². The van der Waals surface area contributed by atoms with E-state index in [2.05, 4.69) is 12.2 Å². The third-order valence-electron chi connectivity index (χ3n) is 8.41. The summed E-state index contributed by atoms with van der Waals surface area (Å²) in [6.07, 6.45) is 4.88. The number of amidine groups is 1. The molecule has 2 aliphatic heterocycles. The molecule has 1 aromatic rings. The van der Waals surface area contributed by atoms with Gasteiger partial charge in [-0.3, -0.25) is 14.7 Å². The van der Waals surface area contributed by atoms with Crippen LogP contribution in [0.15, 0.2) is 17.1 Å². The molecule has 40 heavy (non-hydrogen) atoms. The maximum Gasteiger partial charge on any atom is 0.414 e. The number of sulfonamides is 1. The van der Waals surface area contributed by atoms with Crippen molar-refractivity contribution in [1.29, 1.82) is 0 Å². The second kappa shape index (κ2) is 11.6. The minimum Gasteiger partial charge on any atom is -0.443 e. The molecule has 0 bridgehead atoms. The maximum absolute atomic E-state index is 13.3. The average Bonchev–Trinajstić information content (AvgIpc) is 3.17. The fourth-order valence-electron chi connectivity index (χ4n) is 5.80. The van der Waals surface area contributed by atoms with Crippen LogP contribution in [0, 0.1) is 18.8 Å². The van der Waals surface area contributed by atoms with Gasteiger partial charge in [0.1, 0.15) is 17.0 Å². The van der Waals surface area contributed by atoms with E-state index in [1.165, 1.54) is 9.21 Å². The van der Waals surface area contributed by atoms with E-state index in [1.807, 2.05) is 13.0 Å². The van der Waals surface area contributed by atoms with Gasteiger partial charge in [-0.15, -0.1) is 0 Å². The number of nitrogens with zero attached hydrogens (tertiary/aromatic N) is 3. The highest BCUT2D eigenvalue weighted by Crippen LogP contribution is 2.36. The van der Waals surface area contributed by atoms with Gasteiger partial charge in [0.2, 0.25) is 10.0 Å². The van der Waals surface area contributed by atoms with Crippen molar-refractivity contribution >= 4 is 45.1 Å². The summed E-state index contributed by atoms with van der Waals surface area (Å²) in [4.78, 5) is 31.7. The number of hydrogen-bond donors (Lipinski definition) is 1. The van der Waals surface area contributed by atoms with Crippen LogP contribution in [-0.2, 0) is 26.0 Å². The Bertz CT molecular complexity index is 1250. The molecule has 2 heterocycles. The molecule has 9 nitrogen and oxygen atoms in total. The largest absolute Gasteiger partial charge is 0.443 e. The van der Waals surface area contributed by atoms with Gasteiger partial charge in [0, 0.05) is 36.8 Å². The summed E-state index contributed by atoms with van der Waals surface area (Å²) in [5.41, 5.74) is 0.623. The number of halogens is 1. The summed E-state index contributed by atoms with van der Waals surface area (Å²) >= 11 is 6.57. The quantitative estimate of drug-likeness (QED) is 0.494. The Morgan fingerprint density at radius 3 is 2.40 bits per heavy atom. The zero-order valence-corrected chi connectivity index (χ0v) is 26.1. The minimum absolute atomic E-state index is 0.0861. The summed E-state index contributed by atoms with van der Waals surface area (Å²) in [6.45, 7) is 10.0. The predicted octanol–water partition coefficient (Wildman–Crippen LogP) is 5.08. The number of hydrogen-bond acceptors (Lipinski definition) is 6. The minimum atomic E-state index is -3.57. The molecule has 0 atom stereocenters. The Labute approximate surface area is 243 Å². The number of anilines is 1. The number of aliphatic imine (C=N–C) groups is 1. The van der Waals surface area contributed by atoms with Crippen LogP contribution < -0.4 is 10.2 Å². The van der Waals surface area contributed by atoms with Gasteiger partial charge >= 0.3 is 6.09 Å². The first-order valence-corrected chi connectivity index (χ1v) is 16.2. The Morgan fingerprint density at radius 1 is 1.20 bits per heavy atom. The lowest BCUT2D eigenvalue weighted by Gasteiger charge is -2.34. The molecule has 11 heteroatoms. The Hall–Kier alpha value is -2.17. The first-order valence-electron chi connectivity index (χ1n) is 14.2. The van der Waals surface area contributed by atoms with Gasteiger partial charge in [-0.05, 0) is 89.0 Å². The average molecular weight is 595 g/mol. The van der Waals surface area contributed by atoms with Gasteiger partial charge < -0.3 is 10.1 Å². The van der Waals surface area contributed by atoms with Crippen molar-refractivity contribution in [1.82, 2.24) is 9.62 Å². The summed E-state index contributed by atoms with van der Waals surface area (Å²) in [7, 11) is -1.96. The highest BCUT2D eigenvalue weighted by Gasteiger charge is 2.48. The van der Waals surface area contributed by atoms with Crippen LogP contribution in [0.2, 0.25) is 5.02 Å². The number of nitrogens with one attached hydrogen (secondary N) is 1. The van der Waals surface area contributed by atoms with Gasteiger partial charge in [-0.1, -0.05) is 31.4 Å². The van der Waals surface area contributed by atoms with E-state index in [9.17, 15) is 18.0 Å². The molecule has 0 aromatic heterocycles. The first kappa shape index (κ1) is 30.8. The number of rotatable bonds is 6. The number of carbonyl (C=O) groups is 2. The highest BCUT2D eigenvalue weighted by atomic mass is 35.5. The van der Waals surface area contributed by atoms with E-state index in [0.29, 0.717) is 35.4 Å². The van der Waals surface area contributed by atoms with Gasteiger partial charge in [0.05, 0.1) is 5.75 Å². The highest BCUT2D eigenvalue weighted by molar-refractivity contribution is 7.89. The Balaban J connectivity index is 1.37. The molecule has 1 aliphatic carbocycles. The molecule has 1 N–H and O–H groups in total. The van der Waals surface area contributed by atoms with Crippen molar-refractivity contribution in [3.05, 3.63) is 28.3 Å². The molecule has 222 valence electrons. The van der Waals surface area contributed by atoms with Crippen molar-refractivity contribution in [2.24, 2.45) is 16.8 Å². The van der Waals surface area contributed by atoms with Crippen molar-refractivity contribution < 1.29 is 22.7 Å². The van der Waals surface area contributed by atoms with E-state index >= 15 is 0 Å². The molecule has 1 spiro atoms. The fraction of sp³-hybridized carbons (Fsp3) is 0.690. The lowest BCUT2D eigenvalue weighted by molar-refractivity contribution is -0.125. The predicted molar refractivity (Wildman–Crippen MR) is 159 cm³/mol. The zero-order chi connectivity index (χ0) is 29.5. The van der Waals surface area contributed by atoms with E-state index < -0.39 is 27.3 Å².